The van der Waals surface area contributed by atoms with E-state index in [1.807, 2.05) is 5.38 Å². The van der Waals surface area contributed by atoms with E-state index < -0.39 is 11.2 Å². The van der Waals surface area contributed by atoms with Gasteiger partial charge >= 0.3 is 0 Å². The van der Waals surface area contributed by atoms with E-state index in [1.165, 1.54) is 29.5 Å². The molecular formula is C19H20FN3O2S. The Balaban J connectivity index is 1.46. The molecule has 1 saturated heterocycles. The number of carbonyl (C=O) groups excluding carboxylic acids is 2. The van der Waals surface area contributed by atoms with E-state index in [0.29, 0.717) is 18.5 Å². The number of carbonyl (C=O) groups is 2. The van der Waals surface area contributed by atoms with Crippen LogP contribution in [0.25, 0.3) is 0 Å². The van der Waals surface area contributed by atoms with Gasteiger partial charge in [-0.15, -0.1) is 11.3 Å². The summed E-state index contributed by atoms with van der Waals surface area (Å²) in [5.74, 6) is -0.589. The van der Waals surface area contributed by atoms with Crippen LogP contribution in [-0.4, -0.2) is 29.4 Å². The monoisotopic (exact) mass is 373 g/mol. The van der Waals surface area contributed by atoms with Crippen molar-refractivity contribution in [2.45, 2.75) is 38.1 Å². The highest BCUT2D eigenvalue weighted by atomic mass is 32.1. The van der Waals surface area contributed by atoms with Gasteiger partial charge in [-0.2, -0.15) is 0 Å². The van der Waals surface area contributed by atoms with Gasteiger partial charge in [0.25, 0.3) is 5.91 Å². The Morgan fingerprint density at radius 2 is 2.27 bits per heavy atom. The molecule has 1 saturated carbocycles. The van der Waals surface area contributed by atoms with Crippen LogP contribution in [0.15, 0.2) is 35.8 Å². The molecule has 0 unspecified atom stereocenters. The van der Waals surface area contributed by atoms with E-state index in [4.69, 9.17) is 0 Å². The molecule has 7 heteroatoms. The van der Waals surface area contributed by atoms with Crippen molar-refractivity contribution in [3.8, 4) is 0 Å². The quantitative estimate of drug-likeness (QED) is 0.897. The maximum absolute atomic E-state index is 13.3. The zero-order chi connectivity index (χ0) is 18.1. The van der Waals surface area contributed by atoms with Crippen LogP contribution < -0.4 is 10.2 Å². The number of halogens is 1. The van der Waals surface area contributed by atoms with Gasteiger partial charge in [0.05, 0.1) is 5.41 Å². The molecule has 1 spiro atoms. The molecule has 2 amide bonds. The van der Waals surface area contributed by atoms with Crippen molar-refractivity contribution in [2.75, 3.05) is 11.4 Å². The van der Waals surface area contributed by atoms with Gasteiger partial charge in [0.2, 0.25) is 5.91 Å². The van der Waals surface area contributed by atoms with Crippen LogP contribution in [0.2, 0.25) is 0 Å². The van der Waals surface area contributed by atoms with E-state index in [9.17, 15) is 14.0 Å². The van der Waals surface area contributed by atoms with Crippen LogP contribution in [-0.2, 0) is 4.79 Å². The molecule has 2 fully saturated rings. The third-order valence-electron chi connectivity index (χ3n) is 5.43. The Morgan fingerprint density at radius 3 is 3.04 bits per heavy atom. The second-order valence-corrected chi connectivity index (χ2v) is 7.95. The van der Waals surface area contributed by atoms with Gasteiger partial charge in [0.1, 0.15) is 5.82 Å². The van der Waals surface area contributed by atoms with Crippen molar-refractivity contribution in [3.05, 3.63) is 47.2 Å². The highest BCUT2D eigenvalue weighted by Gasteiger charge is 2.50. The van der Waals surface area contributed by atoms with Crippen molar-refractivity contribution in [1.82, 2.24) is 10.3 Å². The molecule has 4 rings (SSSR count). The number of hydrogen-bond acceptors (Lipinski definition) is 4. The average Bonchev–Trinajstić information content (AvgIpc) is 3.25. The molecule has 5 nitrogen and oxygen atoms in total. The molecule has 2 aromatic rings. The second-order valence-electron chi connectivity index (χ2n) is 7.08. The largest absolute Gasteiger partial charge is 0.349 e. The molecule has 1 N–H and O–H groups in total. The molecule has 0 bridgehead atoms. The lowest BCUT2D eigenvalue weighted by molar-refractivity contribution is -0.127. The highest BCUT2D eigenvalue weighted by molar-refractivity contribution is 7.13. The molecular weight excluding hydrogens is 353 g/mol. The summed E-state index contributed by atoms with van der Waals surface area (Å²) in [5, 5.41) is 5.61. The van der Waals surface area contributed by atoms with Crippen molar-refractivity contribution in [1.29, 1.82) is 0 Å². The molecule has 2 atom stereocenters. The smallest absolute Gasteiger partial charge is 0.251 e. The number of nitrogens with zero attached hydrogens (tertiary/aromatic N) is 2. The Bertz CT molecular complexity index is 826. The molecule has 1 aliphatic heterocycles. The summed E-state index contributed by atoms with van der Waals surface area (Å²) in [6.45, 7) is 0.677. The van der Waals surface area contributed by atoms with Gasteiger partial charge in [-0.1, -0.05) is 12.5 Å². The van der Waals surface area contributed by atoms with Crippen LogP contribution in [0, 0.1) is 11.2 Å². The summed E-state index contributed by atoms with van der Waals surface area (Å²) < 4.78 is 13.3. The van der Waals surface area contributed by atoms with E-state index >= 15 is 0 Å². The number of benzene rings is 1. The van der Waals surface area contributed by atoms with Crippen LogP contribution in [0.4, 0.5) is 9.52 Å². The lowest BCUT2D eigenvalue weighted by Gasteiger charge is -2.36. The maximum Gasteiger partial charge on any atom is 0.251 e. The summed E-state index contributed by atoms with van der Waals surface area (Å²) >= 11 is 1.47. The van der Waals surface area contributed by atoms with Crippen molar-refractivity contribution in [3.63, 3.8) is 0 Å². The lowest BCUT2D eigenvalue weighted by Crippen LogP contribution is -2.46. The number of hydrogen-bond donors (Lipinski definition) is 1. The van der Waals surface area contributed by atoms with Gasteiger partial charge < -0.3 is 5.32 Å². The molecule has 2 aliphatic rings. The van der Waals surface area contributed by atoms with Crippen molar-refractivity contribution >= 4 is 28.3 Å². The average molecular weight is 373 g/mol. The van der Waals surface area contributed by atoms with Gasteiger partial charge in [-0.3, -0.25) is 14.5 Å². The first-order chi connectivity index (χ1) is 12.6. The first-order valence-corrected chi connectivity index (χ1v) is 9.73. The van der Waals surface area contributed by atoms with Crippen molar-refractivity contribution < 1.29 is 14.0 Å². The standard InChI is InChI=1S/C19H20FN3O2S/c20-14-4-1-3-13(11-14)16(24)22-15-5-2-6-19(12-15)7-9-23(17(19)25)18-21-8-10-26-18/h1,3-4,8,10-11,15H,2,5-7,9,12H2,(H,22,24)/t15-,19-/m0/s1. The number of aromatic nitrogens is 1. The van der Waals surface area contributed by atoms with E-state index in [-0.39, 0.29) is 17.9 Å². The molecule has 1 aromatic carbocycles. The van der Waals surface area contributed by atoms with E-state index in [1.54, 1.807) is 17.2 Å². The van der Waals surface area contributed by atoms with Gasteiger partial charge in [0, 0.05) is 29.7 Å². The fourth-order valence-electron chi connectivity index (χ4n) is 4.16. The number of rotatable bonds is 3. The molecule has 0 radical (unpaired) electrons. The third-order valence-corrected chi connectivity index (χ3v) is 6.22. The van der Waals surface area contributed by atoms with Crippen LogP contribution in [0.1, 0.15) is 42.5 Å². The summed E-state index contributed by atoms with van der Waals surface area (Å²) in [5.41, 5.74) is -0.101. The zero-order valence-electron chi connectivity index (χ0n) is 14.3. The van der Waals surface area contributed by atoms with E-state index in [2.05, 4.69) is 10.3 Å². The molecule has 1 aliphatic carbocycles. The molecule has 2 heterocycles. The molecule has 136 valence electrons. The SMILES string of the molecule is O=C(N[C@H]1CCC[C@]2(CCN(c3nccs3)C2=O)C1)c1cccc(F)c1. The first-order valence-electron chi connectivity index (χ1n) is 8.85. The minimum Gasteiger partial charge on any atom is -0.349 e. The Labute approximate surface area is 155 Å². The van der Waals surface area contributed by atoms with Crippen molar-refractivity contribution in [2.24, 2.45) is 5.41 Å². The minimum atomic E-state index is -0.428. The lowest BCUT2D eigenvalue weighted by atomic mass is 9.71. The Hall–Kier alpha value is -2.28. The van der Waals surface area contributed by atoms with Crippen LogP contribution in [0.5, 0.6) is 0 Å². The van der Waals surface area contributed by atoms with Crippen LogP contribution >= 0.6 is 11.3 Å². The molecule has 26 heavy (non-hydrogen) atoms. The summed E-state index contributed by atoms with van der Waals surface area (Å²) in [7, 11) is 0. The fourth-order valence-corrected chi connectivity index (χ4v) is 4.82. The number of amides is 2. The topological polar surface area (TPSA) is 62.3 Å². The maximum atomic E-state index is 13.3. The number of anilines is 1. The Morgan fingerprint density at radius 1 is 1.38 bits per heavy atom. The summed E-state index contributed by atoms with van der Waals surface area (Å²) in [6, 6.07) is 5.61. The summed E-state index contributed by atoms with van der Waals surface area (Å²) in [6.07, 6.45) is 5.71. The number of nitrogens with one attached hydrogen (secondary N) is 1. The second kappa shape index (κ2) is 6.79. The third kappa shape index (κ3) is 3.11. The van der Waals surface area contributed by atoms with Crippen LogP contribution in [0.3, 0.4) is 0 Å². The zero-order valence-corrected chi connectivity index (χ0v) is 15.1. The normalized spacial score (nSPS) is 25.7. The first kappa shape index (κ1) is 17.1. The van der Waals surface area contributed by atoms with Gasteiger partial charge in [0.15, 0.2) is 5.13 Å². The fraction of sp³-hybridized carbons (Fsp3) is 0.421. The molecule has 1 aromatic heterocycles. The highest BCUT2D eigenvalue weighted by Crippen LogP contribution is 2.46. The predicted octanol–water partition coefficient (Wildman–Crippen LogP) is 3.38. The Kier molecular flexibility index (Phi) is 4.48. The van der Waals surface area contributed by atoms with Gasteiger partial charge in [-0.25, -0.2) is 9.37 Å². The number of thiazole rings is 1. The minimum absolute atomic E-state index is 0.0697. The van der Waals surface area contributed by atoms with E-state index in [0.717, 1.165) is 30.8 Å². The summed E-state index contributed by atoms with van der Waals surface area (Å²) in [4.78, 5) is 31.5. The van der Waals surface area contributed by atoms with Gasteiger partial charge in [-0.05, 0) is 43.9 Å². The predicted molar refractivity (Wildman–Crippen MR) is 97.6 cm³/mol.